The molecule has 4 nitrogen and oxygen atoms in total. The number of nitrogens with zero attached hydrogens (tertiary/aromatic N) is 2. The van der Waals surface area contributed by atoms with Crippen molar-refractivity contribution in [2.75, 3.05) is 54.5 Å². The summed E-state index contributed by atoms with van der Waals surface area (Å²) in [7, 11) is 8.58. The monoisotopic (exact) mass is 312 g/mol. The molecule has 0 saturated carbocycles. The third-order valence-electron chi connectivity index (χ3n) is 4.06. The van der Waals surface area contributed by atoms with Gasteiger partial charge < -0.3 is 18.4 Å². The largest absolute Gasteiger partial charge is 0.367 e. The van der Waals surface area contributed by atoms with Gasteiger partial charge in [-0.3, -0.25) is 0 Å². The van der Waals surface area contributed by atoms with Crippen LogP contribution in [0.15, 0.2) is 0 Å². The van der Waals surface area contributed by atoms with Crippen LogP contribution in [0.3, 0.4) is 0 Å². The Bertz CT molecular complexity index is 288. The third kappa shape index (κ3) is 4.73. The standard InChI is InChI=1S/C13H26Cl2N2O2/c1-16(2,6-10-8-18-10)12(14)5-13(15)17(3,4)7-11-9-19-11/h10-13H,5-9H2,1-4H3/q+2. The molecule has 4 atom stereocenters. The van der Waals surface area contributed by atoms with Crippen LogP contribution in [0.2, 0.25) is 0 Å². The van der Waals surface area contributed by atoms with Crippen LogP contribution in [0, 0.1) is 0 Å². The SMILES string of the molecule is C[N+](C)(CC1CO1)C(Cl)CC(Cl)[N+](C)(C)CC1CO1. The Morgan fingerprint density at radius 2 is 1.21 bits per heavy atom. The molecule has 0 bridgehead atoms. The maximum absolute atomic E-state index is 6.59. The molecule has 4 unspecified atom stereocenters. The fraction of sp³-hybridized carbons (Fsp3) is 1.00. The molecule has 2 saturated heterocycles. The van der Waals surface area contributed by atoms with Crippen molar-refractivity contribution in [1.29, 1.82) is 0 Å². The Kier molecular flexibility index (Phi) is 4.71. The quantitative estimate of drug-likeness (QED) is 0.293. The molecule has 0 N–H and O–H groups in total. The number of epoxide rings is 2. The van der Waals surface area contributed by atoms with Gasteiger partial charge in [-0.1, -0.05) is 23.2 Å². The highest BCUT2D eigenvalue weighted by Gasteiger charge is 2.41. The second-order valence-electron chi connectivity index (χ2n) is 6.94. The molecule has 2 rings (SSSR count). The van der Waals surface area contributed by atoms with E-state index in [9.17, 15) is 0 Å². The van der Waals surface area contributed by atoms with E-state index in [2.05, 4.69) is 28.2 Å². The molecule has 0 aromatic rings. The average Bonchev–Trinajstić information content (AvgIpc) is 3.14. The van der Waals surface area contributed by atoms with Gasteiger partial charge in [0.1, 0.15) is 25.3 Å². The van der Waals surface area contributed by atoms with Crippen LogP contribution in [0.25, 0.3) is 0 Å². The Labute approximate surface area is 126 Å². The summed E-state index contributed by atoms with van der Waals surface area (Å²) < 4.78 is 12.1. The van der Waals surface area contributed by atoms with Crippen LogP contribution < -0.4 is 0 Å². The summed E-state index contributed by atoms with van der Waals surface area (Å²) in [4.78, 5) is 0. The molecule has 2 aliphatic rings. The fourth-order valence-corrected chi connectivity index (χ4v) is 2.94. The van der Waals surface area contributed by atoms with Gasteiger partial charge in [0.25, 0.3) is 0 Å². The number of hydrogen-bond donors (Lipinski definition) is 0. The molecule has 0 aromatic carbocycles. The zero-order chi connectivity index (χ0) is 14.3. The maximum atomic E-state index is 6.59. The lowest BCUT2D eigenvalue weighted by molar-refractivity contribution is -0.923. The van der Waals surface area contributed by atoms with Crippen molar-refractivity contribution in [2.45, 2.75) is 29.6 Å². The predicted octanol–water partition coefficient (Wildman–Crippen LogP) is 1.46. The highest BCUT2D eigenvalue weighted by atomic mass is 35.5. The molecule has 0 aliphatic carbocycles. The van der Waals surface area contributed by atoms with E-state index in [0.717, 1.165) is 41.7 Å². The minimum absolute atomic E-state index is 0.00391. The van der Waals surface area contributed by atoms with Gasteiger partial charge >= 0.3 is 0 Å². The fourth-order valence-electron chi connectivity index (χ4n) is 2.36. The molecule has 2 aliphatic heterocycles. The Morgan fingerprint density at radius 1 is 0.895 bits per heavy atom. The summed E-state index contributed by atoms with van der Waals surface area (Å²) in [5, 5.41) is 0. The smallest absolute Gasteiger partial charge is 0.171 e. The molecule has 0 aromatic heterocycles. The molecule has 112 valence electrons. The Morgan fingerprint density at radius 3 is 1.47 bits per heavy atom. The van der Waals surface area contributed by atoms with Crippen LogP contribution >= 0.6 is 23.2 Å². The van der Waals surface area contributed by atoms with E-state index in [1.54, 1.807) is 0 Å². The second kappa shape index (κ2) is 5.66. The normalized spacial score (nSPS) is 30.0. The van der Waals surface area contributed by atoms with E-state index in [-0.39, 0.29) is 11.0 Å². The van der Waals surface area contributed by atoms with E-state index >= 15 is 0 Å². The molecule has 2 fully saturated rings. The van der Waals surface area contributed by atoms with Gasteiger partial charge in [0.05, 0.1) is 47.8 Å². The first-order valence-corrected chi connectivity index (χ1v) is 7.75. The van der Waals surface area contributed by atoms with Gasteiger partial charge in [-0.05, 0) is 0 Å². The average molecular weight is 313 g/mol. The Balaban J connectivity index is 1.83. The number of alkyl halides is 2. The number of likely N-dealkylation sites (N-methyl/N-ethyl adjacent to an activating group) is 2. The van der Waals surface area contributed by atoms with Gasteiger partial charge in [-0.2, -0.15) is 0 Å². The van der Waals surface area contributed by atoms with Crippen LogP contribution in [0.5, 0.6) is 0 Å². The van der Waals surface area contributed by atoms with E-state index in [1.807, 2.05) is 0 Å². The van der Waals surface area contributed by atoms with Crippen molar-refractivity contribution in [3.05, 3.63) is 0 Å². The zero-order valence-electron chi connectivity index (χ0n) is 12.3. The van der Waals surface area contributed by atoms with Gasteiger partial charge in [-0.25, -0.2) is 0 Å². The van der Waals surface area contributed by atoms with Crippen molar-refractivity contribution >= 4 is 23.2 Å². The third-order valence-corrected chi connectivity index (χ3v) is 5.47. The lowest BCUT2D eigenvalue weighted by atomic mass is 10.2. The summed E-state index contributed by atoms with van der Waals surface area (Å²) in [6, 6.07) is 0. The van der Waals surface area contributed by atoms with Crippen molar-refractivity contribution in [3.8, 4) is 0 Å². The van der Waals surface area contributed by atoms with Crippen LogP contribution in [-0.2, 0) is 9.47 Å². The second-order valence-corrected chi connectivity index (χ2v) is 7.95. The molecule has 6 heteroatoms. The molecule has 0 amide bonds. The van der Waals surface area contributed by atoms with Crippen LogP contribution in [0.4, 0.5) is 0 Å². The van der Waals surface area contributed by atoms with E-state index < -0.39 is 0 Å². The molecule has 2 heterocycles. The predicted molar refractivity (Wildman–Crippen MR) is 77.3 cm³/mol. The summed E-state index contributed by atoms with van der Waals surface area (Å²) >= 11 is 13.2. The van der Waals surface area contributed by atoms with Crippen molar-refractivity contribution in [3.63, 3.8) is 0 Å². The first-order chi connectivity index (χ1) is 8.71. The zero-order valence-corrected chi connectivity index (χ0v) is 13.8. The van der Waals surface area contributed by atoms with E-state index in [1.165, 1.54) is 0 Å². The summed E-state index contributed by atoms with van der Waals surface area (Å²) in [6.07, 6.45) is 1.54. The first-order valence-electron chi connectivity index (χ1n) is 6.87. The first kappa shape index (κ1) is 15.8. The number of quaternary nitrogens is 2. The van der Waals surface area contributed by atoms with E-state index in [4.69, 9.17) is 32.7 Å². The van der Waals surface area contributed by atoms with Gasteiger partial charge in [0.15, 0.2) is 11.0 Å². The molecule has 0 radical (unpaired) electrons. The minimum atomic E-state index is 0.00391. The van der Waals surface area contributed by atoms with Crippen molar-refractivity contribution in [2.24, 2.45) is 0 Å². The van der Waals surface area contributed by atoms with Gasteiger partial charge in [0.2, 0.25) is 0 Å². The molecule has 19 heavy (non-hydrogen) atoms. The molecule has 0 spiro atoms. The molecular formula is C13H26Cl2N2O2+2. The Hall–Kier alpha value is 0.420. The highest BCUT2D eigenvalue weighted by Crippen LogP contribution is 2.28. The number of hydrogen-bond acceptors (Lipinski definition) is 2. The lowest BCUT2D eigenvalue weighted by Gasteiger charge is -2.39. The minimum Gasteiger partial charge on any atom is -0.367 e. The van der Waals surface area contributed by atoms with Crippen molar-refractivity contribution < 1.29 is 18.4 Å². The topological polar surface area (TPSA) is 25.1 Å². The van der Waals surface area contributed by atoms with Gasteiger partial charge in [-0.15, -0.1) is 0 Å². The molecular weight excluding hydrogens is 287 g/mol. The van der Waals surface area contributed by atoms with Crippen LogP contribution in [0.1, 0.15) is 6.42 Å². The number of rotatable bonds is 8. The van der Waals surface area contributed by atoms with Crippen molar-refractivity contribution in [1.82, 2.24) is 0 Å². The lowest BCUT2D eigenvalue weighted by Crippen LogP contribution is -2.54. The number of halogens is 2. The summed E-state index contributed by atoms with van der Waals surface area (Å²) in [6.45, 7) is 3.65. The van der Waals surface area contributed by atoms with E-state index in [0.29, 0.717) is 12.2 Å². The number of ether oxygens (including phenoxy) is 2. The van der Waals surface area contributed by atoms with Gasteiger partial charge in [0, 0.05) is 0 Å². The maximum Gasteiger partial charge on any atom is 0.171 e. The van der Waals surface area contributed by atoms with Crippen LogP contribution in [-0.4, -0.2) is 86.7 Å². The summed E-state index contributed by atoms with van der Waals surface area (Å²) in [5.74, 6) is 0. The summed E-state index contributed by atoms with van der Waals surface area (Å²) in [5.41, 5.74) is 0.00782. The highest BCUT2D eigenvalue weighted by molar-refractivity contribution is 6.22.